The number of aryl methyl sites for hydroxylation is 1. The first-order chi connectivity index (χ1) is 6.50. The molecule has 14 heavy (non-hydrogen) atoms. The molecule has 0 saturated carbocycles. The van der Waals surface area contributed by atoms with Crippen molar-refractivity contribution in [2.24, 2.45) is 0 Å². The van der Waals surface area contributed by atoms with Gasteiger partial charge in [0.25, 0.3) is 5.56 Å². The number of aliphatic carboxylic acids is 1. The van der Waals surface area contributed by atoms with E-state index in [1.54, 1.807) is 0 Å². The molecule has 6 heteroatoms. The van der Waals surface area contributed by atoms with Gasteiger partial charge in [0.1, 0.15) is 0 Å². The Bertz CT molecular complexity index is 457. The summed E-state index contributed by atoms with van der Waals surface area (Å²) in [6.45, 7) is 1.53. The minimum atomic E-state index is -0.967. The fraction of sp³-hybridized carbons (Fsp3) is 0.375. The Balaban J connectivity index is 3.03. The van der Waals surface area contributed by atoms with E-state index in [9.17, 15) is 14.4 Å². The van der Waals surface area contributed by atoms with Crippen molar-refractivity contribution in [3.8, 4) is 0 Å². The summed E-state index contributed by atoms with van der Waals surface area (Å²) in [5, 5.41) is 8.43. The monoisotopic (exact) mass is 198 g/mol. The Morgan fingerprint density at radius 3 is 2.57 bits per heavy atom. The second kappa shape index (κ2) is 3.91. The van der Waals surface area contributed by atoms with Gasteiger partial charge in [0.2, 0.25) is 0 Å². The number of carboxylic acids is 1. The van der Waals surface area contributed by atoms with Gasteiger partial charge in [-0.15, -0.1) is 0 Å². The molecular weight excluding hydrogens is 188 g/mol. The third-order valence-electron chi connectivity index (χ3n) is 1.87. The van der Waals surface area contributed by atoms with E-state index < -0.39 is 17.2 Å². The van der Waals surface area contributed by atoms with Crippen LogP contribution in [-0.2, 0) is 11.2 Å². The van der Waals surface area contributed by atoms with E-state index in [-0.39, 0.29) is 12.8 Å². The Morgan fingerprint density at radius 2 is 2.00 bits per heavy atom. The van der Waals surface area contributed by atoms with Crippen molar-refractivity contribution >= 4 is 5.97 Å². The number of hydrogen-bond donors (Lipinski definition) is 3. The highest BCUT2D eigenvalue weighted by Crippen LogP contribution is 1.99. The minimum absolute atomic E-state index is 0.111. The lowest BCUT2D eigenvalue weighted by Crippen LogP contribution is -2.26. The molecule has 0 unspecified atom stereocenters. The van der Waals surface area contributed by atoms with E-state index in [4.69, 9.17) is 5.11 Å². The van der Waals surface area contributed by atoms with Crippen LogP contribution in [0, 0.1) is 6.92 Å². The fourth-order valence-electron chi connectivity index (χ4n) is 1.08. The maximum absolute atomic E-state index is 11.1. The van der Waals surface area contributed by atoms with Gasteiger partial charge in [-0.1, -0.05) is 0 Å². The van der Waals surface area contributed by atoms with E-state index in [0.29, 0.717) is 11.3 Å². The van der Waals surface area contributed by atoms with Crippen LogP contribution in [0.4, 0.5) is 0 Å². The summed E-state index contributed by atoms with van der Waals surface area (Å²) in [7, 11) is 0. The molecule has 0 saturated heterocycles. The average Bonchev–Trinajstić information content (AvgIpc) is 2.08. The minimum Gasteiger partial charge on any atom is -0.481 e. The topological polar surface area (TPSA) is 103 Å². The molecule has 0 amide bonds. The second-order valence-corrected chi connectivity index (χ2v) is 2.91. The highest BCUT2D eigenvalue weighted by Gasteiger charge is 2.06. The first-order valence-electron chi connectivity index (χ1n) is 4.04. The zero-order valence-electron chi connectivity index (χ0n) is 7.59. The third kappa shape index (κ3) is 2.32. The summed E-state index contributed by atoms with van der Waals surface area (Å²) in [4.78, 5) is 36.7. The summed E-state index contributed by atoms with van der Waals surface area (Å²) < 4.78 is 0. The van der Waals surface area contributed by atoms with Crippen molar-refractivity contribution in [3.63, 3.8) is 0 Å². The SMILES string of the molecule is Cc1c(CCC(=O)O)[nH]c(=O)[nH]c1=O. The molecule has 0 atom stereocenters. The molecule has 0 bridgehead atoms. The molecule has 0 fully saturated rings. The van der Waals surface area contributed by atoms with Gasteiger partial charge in [0, 0.05) is 11.3 Å². The first kappa shape index (κ1) is 10.2. The van der Waals surface area contributed by atoms with Crippen molar-refractivity contribution < 1.29 is 9.90 Å². The van der Waals surface area contributed by atoms with Crippen molar-refractivity contribution in [2.45, 2.75) is 19.8 Å². The Morgan fingerprint density at radius 1 is 1.36 bits per heavy atom. The number of nitrogens with one attached hydrogen (secondary N) is 2. The van der Waals surface area contributed by atoms with Crippen LogP contribution in [0.15, 0.2) is 9.59 Å². The normalized spacial score (nSPS) is 10.1. The summed E-state index contributed by atoms with van der Waals surface area (Å²) >= 11 is 0. The molecule has 76 valence electrons. The summed E-state index contributed by atoms with van der Waals surface area (Å²) in [6, 6.07) is 0. The predicted octanol–water partition coefficient (Wildman–Crippen LogP) is -0.611. The third-order valence-corrected chi connectivity index (χ3v) is 1.87. The maximum atomic E-state index is 11.1. The molecule has 0 aromatic carbocycles. The summed E-state index contributed by atoms with van der Waals surface area (Å²) in [6.07, 6.45) is 0.0422. The number of aromatic amines is 2. The quantitative estimate of drug-likeness (QED) is 0.602. The van der Waals surface area contributed by atoms with Gasteiger partial charge in [-0.25, -0.2) is 4.79 Å². The van der Waals surface area contributed by atoms with Crippen LogP contribution in [0.1, 0.15) is 17.7 Å². The van der Waals surface area contributed by atoms with Gasteiger partial charge in [-0.3, -0.25) is 14.6 Å². The van der Waals surface area contributed by atoms with E-state index >= 15 is 0 Å². The molecule has 1 aromatic heterocycles. The number of rotatable bonds is 3. The van der Waals surface area contributed by atoms with Gasteiger partial charge in [0.05, 0.1) is 6.42 Å². The van der Waals surface area contributed by atoms with Crippen molar-refractivity contribution in [2.75, 3.05) is 0 Å². The molecule has 1 aromatic rings. The molecular formula is C8H10N2O4. The summed E-state index contributed by atoms with van der Waals surface area (Å²) in [5.41, 5.74) is -0.359. The van der Waals surface area contributed by atoms with Gasteiger partial charge in [-0.2, -0.15) is 0 Å². The standard InChI is InChI=1S/C8H10N2O4/c1-4-5(2-3-6(11)12)9-8(14)10-7(4)13/h2-3H2,1H3,(H,11,12)(H2,9,10,13,14). The number of carboxylic acid groups (broad SMARTS) is 1. The van der Waals surface area contributed by atoms with E-state index in [1.807, 2.05) is 0 Å². The number of H-pyrrole nitrogens is 2. The Labute approximate surface area is 78.6 Å². The summed E-state index contributed by atoms with van der Waals surface area (Å²) in [5.74, 6) is -0.967. The van der Waals surface area contributed by atoms with Crippen molar-refractivity contribution in [3.05, 3.63) is 32.1 Å². The van der Waals surface area contributed by atoms with Crippen LogP contribution in [-0.4, -0.2) is 21.0 Å². The van der Waals surface area contributed by atoms with E-state index in [1.165, 1.54) is 6.92 Å². The lowest BCUT2D eigenvalue weighted by molar-refractivity contribution is -0.136. The Kier molecular flexibility index (Phi) is 2.85. The smallest absolute Gasteiger partial charge is 0.325 e. The average molecular weight is 198 g/mol. The second-order valence-electron chi connectivity index (χ2n) is 2.91. The molecule has 1 rings (SSSR count). The van der Waals surface area contributed by atoms with Crippen molar-refractivity contribution in [1.29, 1.82) is 0 Å². The highest BCUT2D eigenvalue weighted by atomic mass is 16.4. The van der Waals surface area contributed by atoms with Crippen LogP contribution in [0.3, 0.4) is 0 Å². The fourth-order valence-corrected chi connectivity index (χ4v) is 1.08. The Hall–Kier alpha value is -1.85. The van der Waals surface area contributed by atoms with Gasteiger partial charge in [0.15, 0.2) is 0 Å². The van der Waals surface area contributed by atoms with Crippen LogP contribution in [0.5, 0.6) is 0 Å². The number of hydrogen-bond acceptors (Lipinski definition) is 3. The van der Waals surface area contributed by atoms with Crippen LogP contribution < -0.4 is 11.2 Å². The molecule has 0 radical (unpaired) electrons. The lowest BCUT2D eigenvalue weighted by Gasteiger charge is -2.01. The van der Waals surface area contributed by atoms with Gasteiger partial charge in [-0.05, 0) is 13.3 Å². The zero-order chi connectivity index (χ0) is 10.7. The van der Waals surface area contributed by atoms with E-state index in [2.05, 4.69) is 9.97 Å². The molecule has 3 N–H and O–H groups in total. The molecule has 0 aliphatic rings. The largest absolute Gasteiger partial charge is 0.481 e. The maximum Gasteiger partial charge on any atom is 0.325 e. The molecule has 0 aliphatic heterocycles. The lowest BCUT2D eigenvalue weighted by atomic mass is 10.1. The van der Waals surface area contributed by atoms with Gasteiger partial charge < -0.3 is 10.1 Å². The molecule has 6 nitrogen and oxygen atoms in total. The molecule has 0 spiro atoms. The number of aromatic nitrogens is 2. The van der Waals surface area contributed by atoms with Gasteiger partial charge >= 0.3 is 11.7 Å². The van der Waals surface area contributed by atoms with Crippen LogP contribution >= 0.6 is 0 Å². The molecule has 0 aliphatic carbocycles. The molecule has 1 heterocycles. The van der Waals surface area contributed by atoms with Crippen molar-refractivity contribution in [1.82, 2.24) is 9.97 Å². The number of carbonyl (C=O) groups is 1. The van der Waals surface area contributed by atoms with Crippen LogP contribution in [0.25, 0.3) is 0 Å². The van der Waals surface area contributed by atoms with Crippen LogP contribution in [0.2, 0.25) is 0 Å². The first-order valence-corrected chi connectivity index (χ1v) is 4.04. The predicted molar refractivity (Wildman–Crippen MR) is 48.4 cm³/mol. The zero-order valence-corrected chi connectivity index (χ0v) is 7.59. The van der Waals surface area contributed by atoms with E-state index in [0.717, 1.165) is 0 Å². The highest BCUT2D eigenvalue weighted by molar-refractivity contribution is 5.67.